The highest BCUT2D eigenvalue weighted by Crippen LogP contribution is 2.25. The Morgan fingerprint density at radius 2 is 2.43 bits per heavy atom. The average Bonchev–Trinajstić information content (AvgIpc) is 2.70. The number of methoxy groups -OCH3 is 1. The normalized spacial score (nSPS) is 21.1. The van der Waals surface area contributed by atoms with Crippen LogP contribution < -0.4 is 10.1 Å². The van der Waals surface area contributed by atoms with E-state index in [1.165, 1.54) is 18.4 Å². The second kappa shape index (κ2) is 3.96. The molecule has 2 rings (SSSR count). The van der Waals surface area contributed by atoms with Crippen LogP contribution in [0.3, 0.4) is 0 Å². The van der Waals surface area contributed by atoms with Gasteiger partial charge in [0.15, 0.2) is 0 Å². The van der Waals surface area contributed by atoms with Crippen molar-refractivity contribution in [3.05, 3.63) is 23.4 Å². The Morgan fingerprint density at radius 3 is 3.00 bits per heavy atom. The molecule has 1 saturated heterocycles. The summed E-state index contributed by atoms with van der Waals surface area (Å²) < 4.78 is 5.13. The quantitative estimate of drug-likeness (QED) is 0.776. The fourth-order valence-electron chi connectivity index (χ4n) is 1.96. The van der Waals surface area contributed by atoms with E-state index >= 15 is 0 Å². The number of nitrogens with zero attached hydrogens (tertiary/aromatic N) is 1. The predicted octanol–water partition coefficient (Wildman–Crippen LogP) is 1.82. The standard InChI is InChI=1S/C11H16N2O/c1-8-6-9(7-13-11(8)14-2)10-4-3-5-12-10/h6-7,10,12H,3-5H2,1-2H3. The molecule has 3 heteroatoms. The van der Waals surface area contributed by atoms with Gasteiger partial charge >= 0.3 is 0 Å². The molecule has 2 heterocycles. The molecule has 1 aromatic heterocycles. The molecule has 1 N–H and O–H groups in total. The fraction of sp³-hybridized carbons (Fsp3) is 0.545. The molecule has 1 aliphatic heterocycles. The van der Waals surface area contributed by atoms with Crippen LogP contribution in [0.5, 0.6) is 5.88 Å². The Labute approximate surface area is 84.5 Å². The minimum absolute atomic E-state index is 0.493. The van der Waals surface area contributed by atoms with Crippen molar-refractivity contribution in [1.82, 2.24) is 10.3 Å². The van der Waals surface area contributed by atoms with Crippen molar-refractivity contribution >= 4 is 0 Å². The van der Waals surface area contributed by atoms with E-state index in [9.17, 15) is 0 Å². The van der Waals surface area contributed by atoms with Gasteiger partial charge in [-0.1, -0.05) is 0 Å². The van der Waals surface area contributed by atoms with Crippen LogP contribution in [0.15, 0.2) is 12.3 Å². The Bertz CT molecular complexity index is 319. The molecule has 1 aliphatic rings. The highest BCUT2D eigenvalue weighted by Gasteiger charge is 2.17. The van der Waals surface area contributed by atoms with Crippen LogP contribution in [0.2, 0.25) is 0 Å². The molecule has 0 amide bonds. The first-order valence-electron chi connectivity index (χ1n) is 5.05. The Hall–Kier alpha value is -1.09. The summed E-state index contributed by atoms with van der Waals surface area (Å²) in [7, 11) is 1.66. The molecule has 1 unspecified atom stereocenters. The Balaban J connectivity index is 2.23. The number of hydrogen-bond acceptors (Lipinski definition) is 3. The van der Waals surface area contributed by atoms with Crippen molar-refractivity contribution in [3.63, 3.8) is 0 Å². The third-order valence-corrected chi connectivity index (χ3v) is 2.71. The molecule has 1 atom stereocenters. The van der Waals surface area contributed by atoms with Gasteiger partial charge in [-0.15, -0.1) is 0 Å². The molecule has 0 aromatic carbocycles. The smallest absolute Gasteiger partial charge is 0.215 e. The maximum Gasteiger partial charge on any atom is 0.215 e. The summed E-state index contributed by atoms with van der Waals surface area (Å²) in [6.45, 7) is 3.15. The number of aryl methyl sites for hydroxylation is 1. The van der Waals surface area contributed by atoms with E-state index in [2.05, 4.69) is 16.4 Å². The van der Waals surface area contributed by atoms with Crippen molar-refractivity contribution in [2.75, 3.05) is 13.7 Å². The highest BCUT2D eigenvalue weighted by atomic mass is 16.5. The summed E-state index contributed by atoms with van der Waals surface area (Å²) in [5, 5.41) is 3.46. The van der Waals surface area contributed by atoms with Crippen LogP contribution in [0.4, 0.5) is 0 Å². The van der Waals surface area contributed by atoms with Gasteiger partial charge in [0.2, 0.25) is 5.88 Å². The number of rotatable bonds is 2. The minimum atomic E-state index is 0.493. The second-order valence-electron chi connectivity index (χ2n) is 3.74. The summed E-state index contributed by atoms with van der Waals surface area (Å²) in [5.74, 6) is 0.728. The van der Waals surface area contributed by atoms with E-state index in [4.69, 9.17) is 4.74 Å². The van der Waals surface area contributed by atoms with E-state index < -0.39 is 0 Å². The topological polar surface area (TPSA) is 34.1 Å². The van der Waals surface area contributed by atoms with E-state index in [1.54, 1.807) is 7.11 Å². The zero-order valence-corrected chi connectivity index (χ0v) is 8.71. The highest BCUT2D eigenvalue weighted by molar-refractivity contribution is 5.30. The number of ether oxygens (including phenoxy) is 1. The fourth-order valence-corrected chi connectivity index (χ4v) is 1.96. The monoisotopic (exact) mass is 192 g/mol. The summed E-state index contributed by atoms with van der Waals surface area (Å²) in [6, 6.07) is 2.65. The van der Waals surface area contributed by atoms with Gasteiger partial charge in [0.25, 0.3) is 0 Å². The van der Waals surface area contributed by atoms with E-state index in [0.717, 1.165) is 18.0 Å². The number of hydrogen-bond donors (Lipinski definition) is 1. The molecule has 14 heavy (non-hydrogen) atoms. The lowest BCUT2D eigenvalue weighted by Gasteiger charge is -2.12. The first-order chi connectivity index (χ1) is 6.81. The lowest BCUT2D eigenvalue weighted by atomic mass is 10.1. The average molecular weight is 192 g/mol. The number of pyridine rings is 1. The third kappa shape index (κ3) is 1.73. The third-order valence-electron chi connectivity index (χ3n) is 2.71. The molecular weight excluding hydrogens is 176 g/mol. The largest absolute Gasteiger partial charge is 0.481 e. The molecule has 0 radical (unpaired) electrons. The Morgan fingerprint density at radius 1 is 1.57 bits per heavy atom. The molecule has 0 saturated carbocycles. The summed E-state index contributed by atoms with van der Waals surface area (Å²) in [4.78, 5) is 4.28. The lowest BCUT2D eigenvalue weighted by molar-refractivity contribution is 0.394. The first kappa shape index (κ1) is 9.46. The van der Waals surface area contributed by atoms with Crippen LogP contribution in [-0.2, 0) is 0 Å². The maximum atomic E-state index is 5.13. The van der Waals surface area contributed by atoms with Gasteiger partial charge < -0.3 is 10.1 Å². The lowest BCUT2D eigenvalue weighted by Crippen LogP contribution is -2.13. The summed E-state index contributed by atoms with van der Waals surface area (Å²) in [6.07, 6.45) is 4.39. The first-order valence-corrected chi connectivity index (χ1v) is 5.05. The molecule has 0 aliphatic carbocycles. The molecule has 0 bridgehead atoms. The molecule has 0 spiro atoms. The minimum Gasteiger partial charge on any atom is -0.481 e. The molecule has 1 fully saturated rings. The van der Waals surface area contributed by atoms with Crippen molar-refractivity contribution < 1.29 is 4.74 Å². The van der Waals surface area contributed by atoms with Gasteiger partial charge in [-0.05, 0) is 37.9 Å². The zero-order chi connectivity index (χ0) is 9.97. The number of nitrogens with one attached hydrogen (secondary N) is 1. The van der Waals surface area contributed by atoms with Gasteiger partial charge in [0.05, 0.1) is 7.11 Å². The molecule has 1 aromatic rings. The maximum absolute atomic E-state index is 5.13. The van der Waals surface area contributed by atoms with Gasteiger partial charge in [0.1, 0.15) is 0 Å². The SMILES string of the molecule is COc1ncc(C2CCCN2)cc1C. The second-order valence-corrected chi connectivity index (χ2v) is 3.74. The summed E-state index contributed by atoms with van der Waals surface area (Å²) >= 11 is 0. The van der Waals surface area contributed by atoms with Gasteiger partial charge in [-0.2, -0.15) is 0 Å². The van der Waals surface area contributed by atoms with Crippen LogP contribution in [0, 0.1) is 6.92 Å². The molecular formula is C11H16N2O. The van der Waals surface area contributed by atoms with E-state index in [-0.39, 0.29) is 0 Å². The van der Waals surface area contributed by atoms with Gasteiger partial charge in [0, 0.05) is 17.8 Å². The van der Waals surface area contributed by atoms with E-state index in [1.807, 2.05) is 13.1 Å². The van der Waals surface area contributed by atoms with Gasteiger partial charge in [-0.25, -0.2) is 4.98 Å². The van der Waals surface area contributed by atoms with Crippen molar-refractivity contribution in [3.8, 4) is 5.88 Å². The predicted molar refractivity (Wildman–Crippen MR) is 55.5 cm³/mol. The van der Waals surface area contributed by atoms with Crippen molar-refractivity contribution in [1.29, 1.82) is 0 Å². The van der Waals surface area contributed by atoms with Crippen LogP contribution >= 0.6 is 0 Å². The van der Waals surface area contributed by atoms with Crippen LogP contribution in [0.1, 0.15) is 30.0 Å². The Kier molecular flexibility index (Phi) is 2.68. The van der Waals surface area contributed by atoms with Crippen LogP contribution in [-0.4, -0.2) is 18.6 Å². The van der Waals surface area contributed by atoms with Crippen molar-refractivity contribution in [2.24, 2.45) is 0 Å². The molecule has 76 valence electrons. The van der Waals surface area contributed by atoms with Crippen molar-refractivity contribution in [2.45, 2.75) is 25.8 Å². The van der Waals surface area contributed by atoms with Crippen LogP contribution in [0.25, 0.3) is 0 Å². The zero-order valence-electron chi connectivity index (χ0n) is 8.71. The number of aromatic nitrogens is 1. The van der Waals surface area contributed by atoms with Gasteiger partial charge in [-0.3, -0.25) is 0 Å². The molecule has 3 nitrogen and oxygen atoms in total. The summed E-state index contributed by atoms with van der Waals surface area (Å²) in [5.41, 5.74) is 2.39. The van der Waals surface area contributed by atoms with E-state index in [0.29, 0.717) is 6.04 Å².